The number of H-pyrrole nitrogens is 1. The molecule has 2 saturated heterocycles. The first-order valence-electron chi connectivity index (χ1n) is 9.36. The number of nitrogens with two attached hydrogens (primary N) is 1. The molecule has 0 aliphatic carbocycles. The normalized spacial score (nSPS) is 18.5. The topological polar surface area (TPSA) is 183 Å². The van der Waals surface area contributed by atoms with Gasteiger partial charge in [-0.05, 0) is 23.8 Å². The summed E-state index contributed by atoms with van der Waals surface area (Å²) in [7, 11) is -8.36. The highest BCUT2D eigenvalue weighted by Gasteiger charge is 2.39. The average molecular weight is 465 g/mol. The summed E-state index contributed by atoms with van der Waals surface area (Å²) in [6.45, 7) is 0.500. The van der Waals surface area contributed by atoms with Crippen LogP contribution in [0.5, 0.6) is 0 Å². The number of hydrazine groups is 3. The van der Waals surface area contributed by atoms with E-state index in [1.165, 1.54) is 6.07 Å². The first-order valence-corrected chi connectivity index (χ1v) is 12.4. The lowest BCUT2D eigenvalue weighted by molar-refractivity contribution is 0.491. The third-order valence-electron chi connectivity index (χ3n) is 5.43. The Morgan fingerprint density at radius 2 is 1.77 bits per heavy atom. The van der Waals surface area contributed by atoms with Gasteiger partial charge in [-0.2, -0.15) is 11.1 Å². The molecule has 2 aliphatic heterocycles. The van der Waals surface area contributed by atoms with E-state index in [1.807, 2.05) is 12.1 Å². The highest BCUT2D eigenvalue weighted by atomic mass is 32.2. The van der Waals surface area contributed by atoms with E-state index < -0.39 is 36.2 Å². The van der Waals surface area contributed by atoms with Gasteiger partial charge in [-0.3, -0.25) is 4.98 Å². The van der Waals surface area contributed by atoms with Crippen molar-refractivity contribution in [1.29, 1.82) is 0 Å². The molecule has 0 amide bonds. The minimum atomic E-state index is -4.43. The molecular weight excluding hydrogens is 444 g/mol. The van der Waals surface area contributed by atoms with Crippen molar-refractivity contribution in [2.75, 3.05) is 13.1 Å². The molecule has 0 bridgehead atoms. The number of sulfone groups is 1. The van der Waals surface area contributed by atoms with Gasteiger partial charge in [-0.15, -0.1) is 0 Å². The fourth-order valence-corrected chi connectivity index (χ4v) is 7.01. The number of primary sulfonamides is 1. The highest BCUT2D eigenvalue weighted by molar-refractivity contribution is 7.94. The number of sulfonamides is 1. The second-order valence-electron chi connectivity index (χ2n) is 7.33. The second-order valence-corrected chi connectivity index (χ2v) is 11.0. The summed E-state index contributed by atoms with van der Waals surface area (Å²) >= 11 is 0. The number of nitrogens with one attached hydrogen (secondary N) is 6. The first-order chi connectivity index (χ1) is 14.8. The third kappa shape index (κ3) is 3.42. The molecule has 0 saturated carbocycles. The molecule has 31 heavy (non-hydrogen) atoms. The Balaban J connectivity index is 1.81. The van der Waals surface area contributed by atoms with Crippen molar-refractivity contribution < 1.29 is 16.8 Å². The van der Waals surface area contributed by atoms with Gasteiger partial charge in [0.15, 0.2) is 9.84 Å². The van der Waals surface area contributed by atoms with Crippen molar-refractivity contribution in [3.8, 4) is 11.1 Å². The molecule has 12 nitrogen and oxygen atoms in total. The van der Waals surface area contributed by atoms with E-state index in [1.54, 1.807) is 18.5 Å². The zero-order chi connectivity index (χ0) is 21.8. The maximum Gasteiger partial charge on any atom is 0.239 e. The molecule has 4 heterocycles. The molecule has 14 heteroatoms. The average Bonchev–Trinajstić information content (AvgIpc) is 3.35. The summed E-state index contributed by atoms with van der Waals surface area (Å²) in [5.41, 5.74) is 13.7. The zero-order valence-corrected chi connectivity index (χ0v) is 17.6. The molecule has 5 rings (SSSR count). The van der Waals surface area contributed by atoms with Crippen LogP contribution in [0, 0.1) is 0 Å². The van der Waals surface area contributed by atoms with Crippen LogP contribution in [0.2, 0.25) is 0 Å². The predicted molar refractivity (Wildman–Crippen MR) is 112 cm³/mol. The smallest absolute Gasteiger partial charge is 0.239 e. The third-order valence-corrected chi connectivity index (χ3v) is 8.73. The van der Waals surface area contributed by atoms with Crippen LogP contribution in [0.4, 0.5) is 0 Å². The Morgan fingerprint density at radius 3 is 2.42 bits per heavy atom. The molecule has 1 aromatic carbocycles. The van der Waals surface area contributed by atoms with Gasteiger partial charge >= 0.3 is 0 Å². The number of aromatic nitrogens is 2. The van der Waals surface area contributed by atoms with E-state index in [0.29, 0.717) is 11.1 Å². The molecule has 0 spiro atoms. The zero-order valence-electron chi connectivity index (χ0n) is 16.0. The van der Waals surface area contributed by atoms with E-state index in [0.717, 1.165) is 11.0 Å². The number of hydrogen-bond acceptors (Lipinski definition) is 10. The van der Waals surface area contributed by atoms with E-state index in [4.69, 9.17) is 5.14 Å². The maximum absolute atomic E-state index is 13.2. The van der Waals surface area contributed by atoms with Crippen molar-refractivity contribution in [2.24, 2.45) is 5.14 Å². The number of fused-ring (bicyclic) bond motifs is 1. The Labute approximate surface area is 177 Å². The molecule has 2 fully saturated rings. The fourth-order valence-electron chi connectivity index (χ4n) is 3.77. The van der Waals surface area contributed by atoms with E-state index in [-0.39, 0.29) is 23.5 Å². The molecule has 0 radical (unpaired) electrons. The lowest BCUT2D eigenvalue weighted by atomic mass is 9.99. The van der Waals surface area contributed by atoms with Gasteiger partial charge in [0.2, 0.25) is 10.0 Å². The Bertz CT molecular complexity index is 1380. The van der Waals surface area contributed by atoms with Crippen molar-refractivity contribution in [1.82, 2.24) is 37.2 Å². The monoisotopic (exact) mass is 464 g/mol. The molecule has 8 N–H and O–H groups in total. The summed E-state index contributed by atoms with van der Waals surface area (Å²) < 4.78 is 51.9. The number of rotatable bonds is 5. The number of aromatic amines is 1. The minimum absolute atomic E-state index is 0.168. The van der Waals surface area contributed by atoms with Crippen molar-refractivity contribution in [3.63, 3.8) is 0 Å². The number of pyridine rings is 1. The SMILES string of the molecule is NS(=O)(=O)c1c(S(=O)(=O)C2CNC2)ccc(-c2cnc3cc[nH]c3c2)c1C1NNNN1. The lowest BCUT2D eigenvalue weighted by Gasteiger charge is -2.29. The van der Waals surface area contributed by atoms with Crippen LogP contribution in [0.1, 0.15) is 11.7 Å². The second kappa shape index (κ2) is 7.32. The minimum Gasteiger partial charge on any atom is -0.360 e. The van der Waals surface area contributed by atoms with Crippen LogP contribution in [0.15, 0.2) is 46.5 Å². The van der Waals surface area contributed by atoms with Gasteiger partial charge < -0.3 is 10.3 Å². The Hall–Kier alpha value is -2.43. The summed E-state index contributed by atoms with van der Waals surface area (Å²) in [6, 6.07) is 6.51. The first kappa shape index (κ1) is 20.5. The van der Waals surface area contributed by atoms with Crippen molar-refractivity contribution in [2.45, 2.75) is 21.2 Å². The van der Waals surface area contributed by atoms with E-state index in [9.17, 15) is 16.8 Å². The summed E-state index contributed by atoms with van der Waals surface area (Å²) in [5, 5.41) is 7.76. The van der Waals surface area contributed by atoms with Crippen molar-refractivity contribution in [3.05, 3.63) is 42.2 Å². The number of benzene rings is 1. The number of nitrogens with zero attached hydrogens (tertiary/aromatic N) is 1. The van der Waals surface area contributed by atoms with Gasteiger partial charge in [0.25, 0.3) is 0 Å². The van der Waals surface area contributed by atoms with Crippen LogP contribution in [0.3, 0.4) is 0 Å². The predicted octanol–water partition coefficient (Wildman–Crippen LogP) is -1.26. The maximum atomic E-state index is 13.2. The standard InChI is InChI=1S/C17H20N8O4S2/c18-31(28,29)16-14(30(26,27)10-7-19-8-10)2-1-11(15(16)17-22-24-25-23-17)9-5-13-12(21-6-9)3-4-20-13/h1-6,10,17,19-20,22-25H,7-8H2,(H2,18,28,29). The quantitative estimate of drug-likeness (QED) is 0.240. The summed E-state index contributed by atoms with van der Waals surface area (Å²) in [5.74, 6) is 0. The van der Waals surface area contributed by atoms with Crippen LogP contribution >= 0.6 is 0 Å². The molecule has 0 unspecified atom stereocenters. The van der Waals surface area contributed by atoms with Crippen LogP contribution < -0.4 is 32.4 Å². The van der Waals surface area contributed by atoms with Crippen LogP contribution in [-0.4, -0.2) is 45.1 Å². The molecule has 164 valence electrons. The molecule has 0 atom stereocenters. The fraction of sp³-hybridized carbons (Fsp3) is 0.235. The van der Waals surface area contributed by atoms with Crippen LogP contribution in [0.25, 0.3) is 22.2 Å². The Morgan fingerprint density at radius 1 is 1.03 bits per heavy atom. The lowest BCUT2D eigenvalue weighted by Crippen LogP contribution is -2.51. The largest absolute Gasteiger partial charge is 0.360 e. The molecule has 2 aliphatic rings. The van der Waals surface area contributed by atoms with Gasteiger partial charge in [0.05, 0.1) is 21.2 Å². The number of hydrogen-bond donors (Lipinski definition) is 7. The van der Waals surface area contributed by atoms with E-state index in [2.05, 4.69) is 37.2 Å². The van der Waals surface area contributed by atoms with Gasteiger partial charge in [0, 0.05) is 36.6 Å². The van der Waals surface area contributed by atoms with Gasteiger partial charge in [0.1, 0.15) is 11.1 Å². The van der Waals surface area contributed by atoms with Crippen LogP contribution in [-0.2, 0) is 19.9 Å². The highest BCUT2D eigenvalue weighted by Crippen LogP contribution is 2.38. The van der Waals surface area contributed by atoms with Crippen molar-refractivity contribution >= 4 is 30.9 Å². The van der Waals surface area contributed by atoms with Gasteiger partial charge in [-0.1, -0.05) is 6.07 Å². The Kier molecular flexibility index (Phi) is 4.83. The summed E-state index contributed by atoms with van der Waals surface area (Å²) in [6.07, 6.45) is 2.55. The van der Waals surface area contributed by atoms with E-state index >= 15 is 0 Å². The summed E-state index contributed by atoms with van der Waals surface area (Å²) in [4.78, 5) is 6.69. The molecular formula is C17H20N8O4S2. The van der Waals surface area contributed by atoms with Gasteiger partial charge in [-0.25, -0.2) is 32.8 Å². The molecule has 3 aromatic rings. The molecule has 2 aromatic heterocycles.